The molecule has 1 aromatic carbocycles. The first kappa shape index (κ1) is 16.0. The molecule has 1 aromatic rings. The molecule has 0 saturated carbocycles. The largest absolute Gasteiger partial charge is 0.276 e. The van der Waals surface area contributed by atoms with E-state index >= 15 is 0 Å². The molecule has 0 heterocycles. The van der Waals surface area contributed by atoms with Gasteiger partial charge in [0.2, 0.25) is 0 Å². The SMILES string of the molecule is CCCS(=O)(=O)OS(C)(C)Cc1ccc(Br)cc1. The zero-order chi connectivity index (χ0) is 13.8. The molecule has 0 amide bonds. The van der Waals surface area contributed by atoms with Crippen molar-refractivity contribution in [2.24, 2.45) is 0 Å². The van der Waals surface area contributed by atoms with E-state index in [4.69, 9.17) is 3.63 Å². The zero-order valence-corrected chi connectivity index (χ0v) is 14.1. The Morgan fingerprint density at radius 1 is 1.17 bits per heavy atom. The second-order valence-corrected chi connectivity index (χ2v) is 10.7. The minimum absolute atomic E-state index is 0.0871. The lowest BCUT2D eigenvalue weighted by Gasteiger charge is -2.29. The van der Waals surface area contributed by atoms with Crippen LogP contribution in [-0.2, 0) is 19.5 Å². The van der Waals surface area contributed by atoms with E-state index in [-0.39, 0.29) is 5.75 Å². The summed E-state index contributed by atoms with van der Waals surface area (Å²) in [6.45, 7) is 1.83. The Bertz CT molecular complexity index is 481. The lowest BCUT2D eigenvalue weighted by atomic mass is 10.2. The Hall–Kier alpha value is -0.0400. The summed E-state index contributed by atoms with van der Waals surface area (Å²) >= 11 is 3.37. The van der Waals surface area contributed by atoms with E-state index in [1.54, 1.807) is 0 Å². The van der Waals surface area contributed by atoms with Gasteiger partial charge in [0.1, 0.15) is 0 Å². The maximum atomic E-state index is 11.7. The maximum Gasteiger partial charge on any atom is 0.276 e. The molecule has 0 aliphatic carbocycles. The van der Waals surface area contributed by atoms with Gasteiger partial charge in [0.15, 0.2) is 0 Å². The van der Waals surface area contributed by atoms with Gasteiger partial charge in [-0.1, -0.05) is 35.0 Å². The van der Waals surface area contributed by atoms with E-state index in [9.17, 15) is 8.42 Å². The summed E-state index contributed by atoms with van der Waals surface area (Å²) in [5.41, 5.74) is 1.09. The molecule has 0 aliphatic heterocycles. The Morgan fingerprint density at radius 2 is 1.72 bits per heavy atom. The molecule has 18 heavy (non-hydrogen) atoms. The van der Waals surface area contributed by atoms with Crippen LogP contribution in [0.25, 0.3) is 0 Å². The molecule has 0 aliphatic rings. The minimum Gasteiger partial charge on any atom is -0.220 e. The summed E-state index contributed by atoms with van der Waals surface area (Å²) in [7, 11) is -5.02. The molecular formula is C12H19BrO3S2. The van der Waals surface area contributed by atoms with Gasteiger partial charge in [-0.25, -0.2) is 3.63 Å². The highest BCUT2D eigenvalue weighted by Crippen LogP contribution is 2.46. The minimum atomic E-state index is -3.39. The first-order valence-electron chi connectivity index (χ1n) is 5.63. The smallest absolute Gasteiger partial charge is 0.220 e. The summed E-state index contributed by atoms with van der Waals surface area (Å²) in [5.74, 6) is 0.729. The van der Waals surface area contributed by atoms with E-state index in [1.165, 1.54) is 0 Å². The van der Waals surface area contributed by atoms with Gasteiger partial charge in [0.05, 0.1) is 5.75 Å². The summed E-state index contributed by atoms with van der Waals surface area (Å²) in [4.78, 5) is 0. The number of rotatable bonds is 6. The van der Waals surface area contributed by atoms with Gasteiger partial charge < -0.3 is 0 Å². The van der Waals surface area contributed by atoms with E-state index in [1.807, 2.05) is 43.7 Å². The van der Waals surface area contributed by atoms with Gasteiger partial charge in [0, 0.05) is 10.2 Å². The van der Waals surface area contributed by atoms with Crippen LogP contribution in [0, 0.1) is 0 Å². The van der Waals surface area contributed by atoms with Crippen LogP contribution in [0.2, 0.25) is 0 Å². The van der Waals surface area contributed by atoms with Crippen LogP contribution >= 0.6 is 26.2 Å². The molecule has 0 bridgehead atoms. The number of hydrogen-bond acceptors (Lipinski definition) is 3. The fourth-order valence-electron chi connectivity index (χ4n) is 1.57. The quantitative estimate of drug-likeness (QED) is 0.782. The Balaban J connectivity index is 2.73. The van der Waals surface area contributed by atoms with Crippen LogP contribution < -0.4 is 0 Å². The molecule has 0 N–H and O–H groups in total. The summed E-state index contributed by atoms with van der Waals surface area (Å²) in [5, 5.41) is 0. The summed E-state index contributed by atoms with van der Waals surface area (Å²) in [6, 6.07) is 7.86. The summed E-state index contributed by atoms with van der Waals surface area (Å²) < 4.78 is 29.7. The molecule has 3 nitrogen and oxygen atoms in total. The van der Waals surface area contributed by atoms with Crippen LogP contribution in [-0.4, -0.2) is 26.7 Å². The maximum absolute atomic E-state index is 11.7. The second-order valence-electron chi connectivity index (χ2n) is 4.54. The first-order valence-corrected chi connectivity index (χ1v) is 10.5. The van der Waals surface area contributed by atoms with E-state index in [0.29, 0.717) is 12.2 Å². The van der Waals surface area contributed by atoms with Crippen molar-refractivity contribution in [1.82, 2.24) is 0 Å². The van der Waals surface area contributed by atoms with Crippen molar-refractivity contribution in [2.75, 3.05) is 18.3 Å². The van der Waals surface area contributed by atoms with Crippen molar-refractivity contribution in [3.8, 4) is 0 Å². The normalized spacial score (nSPS) is 13.6. The molecule has 0 aromatic heterocycles. The fourth-order valence-corrected chi connectivity index (χ4v) is 6.04. The highest BCUT2D eigenvalue weighted by atomic mass is 79.9. The van der Waals surface area contributed by atoms with Crippen molar-refractivity contribution in [3.63, 3.8) is 0 Å². The third kappa shape index (κ3) is 5.73. The lowest BCUT2D eigenvalue weighted by molar-refractivity contribution is 0.510. The average Bonchev–Trinajstić information content (AvgIpc) is 2.19. The number of hydrogen-bond donors (Lipinski definition) is 0. The summed E-state index contributed by atoms with van der Waals surface area (Å²) in [6.07, 6.45) is 4.33. The lowest BCUT2D eigenvalue weighted by Crippen LogP contribution is -2.14. The topological polar surface area (TPSA) is 43.4 Å². The molecule has 0 spiro atoms. The predicted octanol–water partition coefficient (Wildman–Crippen LogP) is 3.68. The standard InChI is InChI=1S/C12H19BrO3S2/c1-4-9-18(14,15)16-17(2,3)10-11-5-7-12(13)8-6-11/h5-8H,4,9-10H2,1-3H3. The average molecular weight is 355 g/mol. The van der Waals surface area contributed by atoms with Crippen molar-refractivity contribution in [3.05, 3.63) is 34.3 Å². The third-order valence-corrected chi connectivity index (χ3v) is 6.94. The molecule has 0 fully saturated rings. The van der Waals surface area contributed by atoms with Crippen LogP contribution in [0.15, 0.2) is 28.7 Å². The third-order valence-electron chi connectivity index (χ3n) is 2.17. The van der Waals surface area contributed by atoms with Gasteiger partial charge in [-0.05, 0) is 36.6 Å². The van der Waals surface area contributed by atoms with Gasteiger partial charge in [-0.3, -0.25) is 0 Å². The first-order chi connectivity index (χ1) is 8.24. The molecular weight excluding hydrogens is 336 g/mol. The van der Waals surface area contributed by atoms with Gasteiger partial charge in [-0.15, -0.1) is 10.3 Å². The van der Waals surface area contributed by atoms with Gasteiger partial charge >= 0.3 is 0 Å². The molecule has 0 radical (unpaired) electrons. The highest BCUT2D eigenvalue weighted by Gasteiger charge is 2.22. The highest BCUT2D eigenvalue weighted by molar-refractivity contribution is 9.10. The van der Waals surface area contributed by atoms with Crippen LogP contribution in [0.1, 0.15) is 18.9 Å². The van der Waals surface area contributed by atoms with E-state index < -0.39 is 20.4 Å². The molecule has 0 atom stereocenters. The predicted molar refractivity (Wildman–Crippen MR) is 82.4 cm³/mol. The van der Waals surface area contributed by atoms with E-state index in [2.05, 4.69) is 15.9 Å². The number of benzene rings is 1. The molecule has 104 valence electrons. The molecule has 0 saturated heterocycles. The van der Waals surface area contributed by atoms with Crippen LogP contribution in [0.3, 0.4) is 0 Å². The van der Waals surface area contributed by atoms with Crippen molar-refractivity contribution in [2.45, 2.75) is 19.1 Å². The Kier molecular flexibility index (Phi) is 5.70. The monoisotopic (exact) mass is 354 g/mol. The van der Waals surface area contributed by atoms with E-state index in [0.717, 1.165) is 10.0 Å². The van der Waals surface area contributed by atoms with Gasteiger partial charge in [-0.2, -0.15) is 8.42 Å². The van der Waals surface area contributed by atoms with Crippen molar-refractivity contribution < 1.29 is 12.0 Å². The van der Waals surface area contributed by atoms with Gasteiger partial charge in [0.25, 0.3) is 10.1 Å². The number of halogens is 1. The Morgan fingerprint density at radius 3 is 2.22 bits per heavy atom. The zero-order valence-electron chi connectivity index (χ0n) is 10.8. The van der Waals surface area contributed by atoms with Crippen LogP contribution in [0.4, 0.5) is 0 Å². The molecule has 0 unspecified atom stereocenters. The van der Waals surface area contributed by atoms with Crippen LogP contribution in [0.5, 0.6) is 0 Å². The molecule has 1 rings (SSSR count). The Labute approximate surface area is 120 Å². The fraction of sp³-hybridized carbons (Fsp3) is 0.500. The van der Waals surface area contributed by atoms with Crippen molar-refractivity contribution >= 4 is 36.4 Å². The van der Waals surface area contributed by atoms with Crippen molar-refractivity contribution in [1.29, 1.82) is 0 Å². The second kappa shape index (κ2) is 6.41. The molecule has 6 heteroatoms.